The fraction of sp³-hybridized carbons (Fsp3) is 0.556. The zero-order valence-electron chi connectivity index (χ0n) is 7.20. The van der Waals surface area contributed by atoms with E-state index in [-0.39, 0.29) is 6.04 Å². The van der Waals surface area contributed by atoms with Gasteiger partial charge in [0.25, 0.3) is 0 Å². The van der Waals surface area contributed by atoms with Crippen molar-refractivity contribution >= 4 is 15.9 Å². The van der Waals surface area contributed by atoms with Gasteiger partial charge in [-0.1, -0.05) is 0 Å². The molecule has 2 N–H and O–H groups in total. The molecule has 4 heteroatoms. The van der Waals surface area contributed by atoms with E-state index in [9.17, 15) is 0 Å². The molecule has 2 heterocycles. The summed E-state index contributed by atoms with van der Waals surface area (Å²) in [6.07, 6.45) is 2.69. The summed E-state index contributed by atoms with van der Waals surface area (Å²) in [5.74, 6) is 0.425. The van der Waals surface area contributed by atoms with E-state index < -0.39 is 0 Å². The van der Waals surface area contributed by atoms with Crippen LogP contribution >= 0.6 is 15.9 Å². The van der Waals surface area contributed by atoms with Gasteiger partial charge < -0.3 is 14.9 Å². The van der Waals surface area contributed by atoms with E-state index in [0.29, 0.717) is 5.92 Å². The number of rotatable bonds is 2. The second-order valence-electron chi connectivity index (χ2n) is 3.30. The molecule has 0 amide bonds. The zero-order chi connectivity index (χ0) is 9.26. The first kappa shape index (κ1) is 9.24. The van der Waals surface area contributed by atoms with E-state index in [4.69, 9.17) is 14.9 Å². The Morgan fingerprint density at radius 2 is 2.46 bits per heavy atom. The molecule has 1 aliphatic rings. The van der Waals surface area contributed by atoms with Crippen molar-refractivity contribution in [2.24, 2.45) is 11.7 Å². The van der Waals surface area contributed by atoms with Crippen LogP contribution in [0.5, 0.6) is 0 Å². The summed E-state index contributed by atoms with van der Waals surface area (Å²) in [7, 11) is 0. The van der Waals surface area contributed by atoms with E-state index in [1.54, 1.807) is 6.26 Å². The monoisotopic (exact) mass is 245 g/mol. The molecule has 0 aromatic carbocycles. The van der Waals surface area contributed by atoms with Gasteiger partial charge >= 0.3 is 0 Å². The van der Waals surface area contributed by atoms with E-state index in [1.807, 2.05) is 6.07 Å². The molecule has 0 aliphatic carbocycles. The van der Waals surface area contributed by atoms with E-state index >= 15 is 0 Å². The zero-order valence-corrected chi connectivity index (χ0v) is 8.79. The van der Waals surface area contributed by atoms with Gasteiger partial charge in [0, 0.05) is 24.1 Å². The summed E-state index contributed by atoms with van der Waals surface area (Å²) < 4.78 is 11.2. The molecule has 0 saturated carbocycles. The van der Waals surface area contributed by atoms with Gasteiger partial charge in [0.2, 0.25) is 0 Å². The van der Waals surface area contributed by atoms with Gasteiger partial charge in [-0.2, -0.15) is 0 Å². The molecule has 3 nitrogen and oxygen atoms in total. The minimum absolute atomic E-state index is 0.0237. The number of halogens is 1. The number of nitrogens with two attached hydrogens (primary N) is 1. The molecule has 72 valence electrons. The highest BCUT2D eigenvalue weighted by atomic mass is 79.9. The summed E-state index contributed by atoms with van der Waals surface area (Å²) >= 11 is 3.33. The highest BCUT2D eigenvalue weighted by Gasteiger charge is 2.26. The van der Waals surface area contributed by atoms with Crippen molar-refractivity contribution in [3.63, 3.8) is 0 Å². The Hall–Kier alpha value is -0.320. The number of furan rings is 1. The summed E-state index contributed by atoms with van der Waals surface area (Å²) in [5.41, 5.74) is 7.11. The molecule has 1 aliphatic heterocycles. The Morgan fingerprint density at radius 1 is 1.62 bits per heavy atom. The molecular formula is C9H12BrNO2. The molecule has 1 aromatic heterocycles. The maximum atomic E-state index is 6.08. The lowest BCUT2D eigenvalue weighted by Crippen LogP contribution is -2.21. The van der Waals surface area contributed by atoms with Crippen molar-refractivity contribution in [2.75, 3.05) is 13.2 Å². The molecule has 1 saturated heterocycles. The van der Waals surface area contributed by atoms with E-state index in [1.165, 1.54) is 0 Å². The minimum atomic E-state index is 0.0237. The second kappa shape index (κ2) is 3.82. The van der Waals surface area contributed by atoms with Gasteiger partial charge in [0.15, 0.2) is 4.67 Å². The molecule has 0 radical (unpaired) electrons. The van der Waals surface area contributed by atoms with Crippen LogP contribution in [0.2, 0.25) is 0 Å². The Bertz CT molecular complexity index is 281. The topological polar surface area (TPSA) is 48.4 Å². The van der Waals surface area contributed by atoms with Crippen molar-refractivity contribution in [1.82, 2.24) is 0 Å². The first-order valence-electron chi connectivity index (χ1n) is 4.35. The summed E-state index contributed by atoms with van der Waals surface area (Å²) in [5, 5.41) is 0. The van der Waals surface area contributed by atoms with Crippen molar-refractivity contribution in [1.29, 1.82) is 0 Å². The van der Waals surface area contributed by atoms with Crippen LogP contribution in [0.25, 0.3) is 0 Å². The first-order valence-corrected chi connectivity index (χ1v) is 5.14. The SMILES string of the molecule is NC(c1ccoc1Br)C1CCOC1. The molecule has 13 heavy (non-hydrogen) atoms. The standard InChI is InChI=1S/C9H12BrNO2/c10-9-7(2-4-13-9)8(11)6-1-3-12-5-6/h2,4,6,8H,1,3,5,11H2. The van der Waals surface area contributed by atoms with Crippen molar-refractivity contribution < 1.29 is 9.15 Å². The molecule has 2 rings (SSSR count). The van der Waals surface area contributed by atoms with Crippen LogP contribution in [0, 0.1) is 5.92 Å². The Balaban J connectivity index is 2.12. The van der Waals surface area contributed by atoms with Gasteiger partial charge in [-0.15, -0.1) is 0 Å². The minimum Gasteiger partial charge on any atom is -0.457 e. The predicted octanol–water partition coefficient (Wildman–Crippen LogP) is 2.08. The summed E-state index contributed by atoms with van der Waals surface area (Å²) in [4.78, 5) is 0. The molecule has 1 aromatic rings. The number of hydrogen-bond donors (Lipinski definition) is 1. The normalized spacial score (nSPS) is 24.9. The average Bonchev–Trinajstić information content (AvgIpc) is 2.72. The first-order chi connectivity index (χ1) is 6.29. The highest BCUT2D eigenvalue weighted by molar-refractivity contribution is 9.10. The molecule has 0 bridgehead atoms. The van der Waals surface area contributed by atoms with Crippen LogP contribution in [-0.2, 0) is 4.74 Å². The molecule has 2 atom stereocenters. The van der Waals surface area contributed by atoms with Gasteiger partial charge in [-0.3, -0.25) is 0 Å². The third-order valence-corrected chi connectivity index (χ3v) is 3.12. The third kappa shape index (κ3) is 1.80. The number of hydrogen-bond acceptors (Lipinski definition) is 3. The smallest absolute Gasteiger partial charge is 0.173 e. The lowest BCUT2D eigenvalue weighted by molar-refractivity contribution is 0.180. The summed E-state index contributed by atoms with van der Waals surface area (Å²) in [6.45, 7) is 1.59. The highest BCUT2D eigenvalue weighted by Crippen LogP contribution is 2.31. The van der Waals surface area contributed by atoms with Crippen molar-refractivity contribution in [2.45, 2.75) is 12.5 Å². The summed E-state index contributed by atoms with van der Waals surface area (Å²) in [6, 6.07) is 1.93. The maximum absolute atomic E-state index is 6.08. The van der Waals surface area contributed by atoms with E-state index in [2.05, 4.69) is 15.9 Å². The average molecular weight is 246 g/mol. The van der Waals surface area contributed by atoms with Crippen molar-refractivity contribution in [3.8, 4) is 0 Å². The van der Waals surface area contributed by atoms with Gasteiger partial charge in [-0.25, -0.2) is 0 Å². The maximum Gasteiger partial charge on any atom is 0.173 e. The van der Waals surface area contributed by atoms with Crippen LogP contribution < -0.4 is 5.73 Å². The quantitative estimate of drug-likeness (QED) is 0.868. The largest absolute Gasteiger partial charge is 0.457 e. The number of ether oxygens (including phenoxy) is 1. The molecule has 2 unspecified atom stereocenters. The Labute approximate surface area is 85.4 Å². The molecule has 1 fully saturated rings. The van der Waals surface area contributed by atoms with Gasteiger partial charge in [0.05, 0.1) is 12.9 Å². The van der Waals surface area contributed by atoms with Gasteiger partial charge in [-0.05, 0) is 28.4 Å². The third-order valence-electron chi connectivity index (χ3n) is 2.48. The fourth-order valence-electron chi connectivity index (χ4n) is 1.63. The molecular weight excluding hydrogens is 234 g/mol. The second-order valence-corrected chi connectivity index (χ2v) is 4.02. The van der Waals surface area contributed by atoms with Crippen LogP contribution in [0.15, 0.2) is 21.4 Å². The van der Waals surface area contributed by atoms with Gasteiger partial charge in [0.1, 0.15) is 0 Å². The van der Waals surface area contributed by atoms with Crippen molar-refractivity contribution in [3.05, 3.63) is 22.6 Å². The van der Waals surface area contributed by atoms with Crippen LogP contribution in [0.1, 0.15) is 18.0 Å². The lowest BCUT2D eigenvalue weighted by atomic mass is 9.95. The predicted molar refractivity (Wildman–Crippen MR) is 52.3 cm³/mol. The van der Waals surface area contributed by atoms with Crippen LogP contribution in [-0.4, -0.2) is 13.2 Å². The lowest BCUT2D eigenvalue weighted by Gasteiger charge is -2.15. The Morgan fingerprint density at radius 3 is 3.00 bits per heavy atom. The van der Waals surface area contributed by atoms with Crippen LogP contribution in [0.4, 0.5) is 0 Å². The fourth-order valence-corrected chi connectivity index (χ4v) is 2.14. The Kier molecular flexibility index (Phi) is 2.71. The molecule has 0 spiro atoms. The van der Waals surface area contributed by atoms with E-state index in [0.717, 1.165) is 29.9 Å². The van der Waals surface area contributed by atoms with Crippen LogP contribution in [0.3, 0.4) is 0 Å².